The molecule has 0 spiro atoms. The molecule has 1 aliphatic carbocycles. The van der Waals surface area contributed by atoms with E-state index < -0.39 is 0 Å². The smallest absolute Gasteiger partial charge is 0.266 e. The van der Waals surface area contributed by atoms with Gasteiger partial charge in [0.25, 0.3) is 5.91 Å². The zero-order valence-electron chi connectivity index (χ0n) is 10.8. The summed E-state index contributed by atoms with van der Waals surface area (Å²) in [6, 6.07) is 6.50. The highest BCUT2D eigenvalue weighted by Gasteiger charge is 2.30. The molecule has 0 N–H and O–H groups in total. The molecule has 0 aromatic heterocycles. The SMILES string of the molecule is CCN1C(=O)/C(=C\c2ccc3c(c2)CCC3)SC1=S. The Morgan fingerprint density at radius 2 is 2.16 bits per heavy atom. The average molecular weight is 289 g/mol. The van der Waals surface area contributed by atoms with E-state index in [9.17, 15) is 4.79 Å². The molecule has 0 saturated carbocycles. The Kier molecular flexibility index (Phi) is 3.46. The predicted octanol–water partition coefficient (Wildman–Crippen LogP) is 3.40. The number of fused-ring (bicyclic) bond motifs is 1. The molecule has 1 aromatic carbocycles. The summed E-state index contributed by atoms with van der Waals surface area (Å²) in [5.74, 6) is 0.0398. The first-order valence-electron chi connectivity index (χ1n) is 6.56. The van der Waals surface area contributed by atoms with Crippen LogP contribution in [0.2, 0.25) is 0 Å². The van der Waals surface area contributed by atoms with E-state index in [4.69, 9.17) is 12.2 Å². The van der Waals surface area contributed by atoms with E-state index in [0.29, 0.717) is 10.9 Å². The van der Waals surface area contributed by atoms with Gasteiger partial charge in [-0.2, -0.15) is 0 Å². The summed E-state index contributed by atoms with van der Waals surface area (Å²) < 4.78 is 0.667. The molecular weight excluding hydrogens is 274 g/mol. The Morgan fingerprint density at radius 1 is 1.37 bits per heavy atom. The van der Waals surface area contributed by atoms with E-state index in [1.54, 1.807) is 4.90 Å². The first-order chi connectivity index (χ1) is 9.19. The summed E-state index contributed by atoms with van der Waals surface area (Å²) in [6.07, 6.45) is 5.56. The number of aryl methyl sites for hydroxylation is 2. The number of thiocarbonyl (C=S) groups is 1. The number of nitrogens with zero attached hydrogens (tertiary/aromatic N) is 1. The van der Waals surface area contributed by atoms with Crippen molar-refractivity contribution >= 4 is 40.3 Å². The Morgan fingerprint density at radius 3 is 2.89 bits per heavy atom. The van der Waals surface area contributed by atoms with Gasteiger partial charge < -0.3 is 0 Å². The number of amides is 1. The van der Waals surface area contributed by atoms with Crippen molar-refractivity contribution in [3.63, 3.8) is 0 Å². The Bertz CT molecular complexity index is 592. The van der Waals surface area contributed by atoms with Gasteiger partial charge in [-0.15, -0.1) is 0 Å². The fraction of sp³-hybridized carbons (Fsp3) is 0.333. The third kappa shape index (κ3) is 2.35. The van der Waals surface area contributed by atoms with Gasteiger partial charge in [-0.25, -0.2) is 0 Å². The van der Waals surface area contributed by atoms with Crippen LogP contribution in [0.25, 0.3) is 6.08 Å². The molecule has 1 saturated heterocycles. The van der Waals surface area contributed by atoms with E-state index >= 15 is 0 Å². The highest BCUT2D eigenvalue weighted by Crippen LogP contribution is 2.33. The van der Waals surface area contributed by atoms with Gasteiger partial charge in [-0.05, 0) is 49.0 Å². The standard InChI is InChI=1S/C15H15NOS2/c1-2-16-14(17)13(19-15(16)18)9-10-6-7-11-4-3-5-12(11)8-10/h6-9H,2-5H2,1H3/b13-9+. The van der Waals surface area contributed by atoms with E-state index in [-0.39, 0.29) is 5.91 Å². The van der Waals surface area contributed by atoms with Crippen molar-refractivity contribution < 1.29 is 4.79 Å². The van der Waals surface area contributed by atoms with Gasteiger partial charge in [0.1, 0.15) is 4.32 Å². The normalized spacial score (nSPS) is 20.5. The largest absolute Gasteiger partial charge is 0.293 e. The lowest BCUT2D eigenvalue weighted by Crippen LogP contribution is -2.27. The number of carbonyl (C=O) groups excluding carboxylic acids is 1. The van der Waals surface area contributed by atoms with Crippen molar-refractivity contribution in [2.45, 2.75) is 26.2 Å². The van der Waals surface area contributed by atoms with Crippen molar-refractivity contribution in [2.24, 2.45) is 0 Å². The monoisotopic (exact) mass is 289 g/mol. The minimum absolute atomic E-state index is 0.0398. The number of hydrogen-bond acceptors (Lipinski definition) is 3. The van der Waals surface area contributed by atoms with E-state index in [2.05, 4.69) is 18.2 Å². The molecule has 1 heterocycles. The van der Waals surface area contributed by atoms with Crippen LogP contribution in [0.5, 0.6) is 0 Å². The predicted molar refractivity (Wildman–Crippen MR) is 84.0 cm³/mol. The van der Waals surface area contributed by atoms with Gasteiger partial charge >= 0.3 is 0 Å². The number of rotatable bonds is 2. The molecule has 1 fully saturated rings. The van der Waals surface area contributed by atoms with Gasteiger partial charge in [-0.1, -0.05) is 42.2 Å². The maximum atomic E-state index is 12.1. The van der Waals surface area contributed by atoms with Crippen LogP contribution in [0.3, 0.4) is 0 Å². The van der Waals surface area contributed by atoms with Crippen LogP contribution in [-0.4, -0.2) is 21.7 Å². The summed E-state index contributed by atoms with van der Waals surface area (Å²) in [5.41, 5.74) is 4.00. The average Bonchev–Trinajstić information content (AvgIpc) is 2.95. The zero-order valence-corrected chi connectivity index (χ0v) is 12.4. The zero-order chi connectivity index (χ0) is 13.4. The number of thioether (sulfide) groups is 1. The maximum Gasteiger partial charge on any atom is 0.266 e. The Hall–Kier alpha value is -1.13. The molecule has 98 valence electrons. The molecule has 0 unspecified atom stereocenters. The van der Waals surface area contributed by atoms with E-state index in [1.807, 2.05) is 13.0 Å². The molecule has 3 rings (SSSR count). The summed E-state index contributed by atoms with van der Waals surface area (Å²) in [4.78, 5) is 14.5. The summed E-state index contributed by atoms with van der Waals surface area (Å²) in [6.45, 7) is 2.59. The summed E-state index contributed by atoms with van der Waals surface area (Å²) in [7, 11) is 0. The fourth-order valence-corrected chi connectivity index (χ4v) is 3.99. The second-order valence-electron chi connectivity index (χ2n) is 4.81. The van der Waals surface area contributed by atoms with Crippen molar-refractivity contribution in [3.8, 4) is 0 Å². The molecular formula is C15H15NOS2. The highest BCUT2D eigenvalue weighted by molar-refractivity contribution is 8.26. The molecule has 0 atom stereocenters. The molecule has 1 amide bonds. The van der Waals surface area contributed by atoms with E-state index in [0.717, 1.165) is 16.9 Å². The molecule has 1 aliphatic heterocycles. The van der Waals surface area contributed by atoms with Crippen LogP contribution in [0.15, 0.2) is 23.1 Å². The molecule has 2 nitrogen and oxygen atoms in total. The minimum Gasteiger partial charge on any atom is -0.293 e. The summed E-state index contributed by atoms with van der Waals surface area (Å²) in [5, 5.41) is 0. The second-order valence-corrected chi connectivity index (χ2v) is 6.48. The third-order valence-electron chi connectivity index (χ3n) is 3.61. The molecule has 0 bridgehead atoms. The van der Waals surface area contributed by atoms with Gasteiger partial charge in [-0.3, -0.25) is 9.69 Å². The van der Waals surface area contributed by atoms with Crippen molar-refractivity contribution in [3.05, 3.63) is 39.8 Å². The summed E-state index contributed by atoms with van der Waals surface area (Å²) >= 11 is 6.62. The number of benzene rings is 1. The maximum absolute atomic E-state index is 12.1. The van der Waals surface area contributed by atoms with Crippen LogP contribution < -0.4 is 0 Å². The van der Waals surface area contributed by atoms with E-state index in [1.165, 1.54) is 35.7 Å². The first-order valence-corrected chi connectivity index (χ1v) is 7.78. The Labute approximate surface area is 122 Å². The molecule has 19 heavy (non-hydrogen) atoms. The quantitative estimate of drug-likeness (QED) is 0.615. The van der Waals surface area contributed by atoms with Crippen LogP contribution in [0.1, 0.15) is 30.0 Å². The van der Waals surface area contributed by atoms with Crippen molar-refractivity contribution in [1.29, 1.82) is 0 Å². The number of hydrogen-bond donors (Lipinski definition) is 0. The highest BCUT2D eigenvalue weighted by atomic mass is 32.2. The van der Waals surface area contributed by atoms with Gasteiger partial charge in [0.2, 0.25) is 0 Å². The number of carbonyl (C=O) groups is 1. The third-order valence-corrected chi connectivity index (χ3v) is 4.99. The van der Waals surface area contributed by atoms with Crippen LogP contribution in [0.4, 0.5) is 0 Å². The molecule has 4 heteroatoms. The van der Waals surface area contributed by atoms with Gasteiger partial charge in [0, 0.05) is 6.54 Å². The lowest BCUT2D eigenvalue weighted by Gasteiger charge is -2.09. The van der Waals surface area contributed by atoms with Gasteiger partial charge in [0.15, 0.2) is 0 Å². The lowest BCUT2D eigenvalue weighted by molar-refractivity contribution is -0.121. The molecule has 1 aromatic rings. The van der Waals surface area contributed by atoms with Crippen LogP contribution in [-0.2, 0) is 17.6 Å². The fourth-order valence-electron chi connectivity index (χ4n) is 2.61. The minimum atomic E-state index is 0.0398. The van der Waals surface area contributed by atoms with Crippen LogP contribution >= 0.6 is 24.0 Å². The molecule has 0 radical (unpaired) electrons. The first kappa shape index (κ1) is 12.9. The van der Waals surface area contributed by atoms with Crippen molar-refractivity contribution in [2.75, 3.05) is 6.54 Å². The van der Waals surface area contributed by atoms with Gasteiger partial charge in [0.05, 0.1) is 4.91 Å². The topological polar surface area (TPSA) is 20.3 Å². The lowest BCUT2D eigenvalue weighted by atomic mass is 10.1. The second kappa shape index (κ2) is 5.10. The Balaban J connectivity index is 1.90. The molecule has 2 aliphatic rings. The number of likely N-dealkylation sites (N-methyl/N-ethyl adjacent to an activating group) is 1. The van der Waals surface area contributed by atoms with Crippen molar-refractivity contribution in [1.82, 2.24) is 4.90 Å². The van der Waals surface area contributed by atoms with Crippen LogP contribution in [0, 0.1) is 0 Å².